The summed E-state index contributed by atoms with van der Waals surface area (Å²) in [6, 6.07) is 3.23. The third-order valence-electron chi connectivity index (χ3n) is 2.79. The molecule has 0 atom stereocenters. The molecule has 1 aliphatic carbocycles. The first-order chi connectivity index (χ1) is 8.47. The van der Waals surface area contributed by atoms with Crippen LogP contribution in [0.15, 0.2) is 23.2 Å². The lowest BCUT2D eigenvalue weighted by molar-refractivity contribution is 0.306. The minimum atomic E-state index is -3.79. The topological polar surface area (TPSA) is 59.2 Å². The highest BCUT2D eigenvalue weighted by Crippen LogP contribution is 2.39. The van der Waals surface area contributed by atoms with Crippen molar-refractivity contribution in [1.82, 2.24) is 4.98 Å². The van der Waals surface area contributed by atoms with Crippen molar-refractivity contribution in [3.05, 3.63) is 23.4 Å². The Kier molecular flexibility index (Phi) is 2.73. The fourth-order valence-electron chi connectivity index (χ4n) is 1.79. The van der Waals surface area contributed by atoms with Crippen molar-refractivity contribution in [2.24, 2.45) is 0 Å². The molecule has 0 radical (unpaired) electrons. The van der Waals surface area contributed by atoms with E-state index in [0.29, 0.717) is 21.7 Å². The highest BCUT2D eigenvalue weighted by Gasteiger charge is 2.27. The minimum Gasteiger partial charge on any atom is -0.487 e. The molecule has 0 bridgehead atoms. The first-order valence-electron chi connectivity index (χ1n) is 5.38. The van der Waals surface area contributed by atoms with Gasteiger partial charge in [-0.05, 0) is 25.0 Å². The number of fused-ring (bicyclic) bond motifs is 1. The van der Waals surface area contributed by atoms with Crippen LogP contribution in [0.25, 0.3) is 10.9 Å². The van der Waals surface area contributed by atoms with Crippen molar-refractivity contribution >= 4 is 42.2 Å². The number of H-pyrrole nitrogens is 1. The van der Waals surface area contributed by atoms with Crippen LogP contribution in [0.1, 0.15) is 12.8 Å². The van der Waals surface area contributed by atoms with E-state index in [1.807, 2.05) is 0 Å². The highest BCUT2D eigenvalue weighted by molar-refractivity contribution is 8.14. The van der Waals surface area contributed by atoms with Gasteiger partial charge in [0.25, 0.3) is 9.05 Å². The Morgan fingerprint density at radius 1 is 1.33 bits per heavy atom. The van der Waals surface area contributed by atoms with E-state index in [4.69, 9.17) is 27.0 Å². The molecule has 4 nitrogen and oxygen atoms in total. The van der Waals surface area contributed by atoms with Gasteiger partial charge >= 0.3 is 0 Å². The van der Waals surface area contributed by atoms with Gasteiger partial charge in [0.1, 0.15) is 4.90 Å². The van der Waals surface area contributed by atoms with E-state index in [0.717, 1.165) is 12.8 Å². The first-order valence-corrected chi connectivity index (χ1v) is 8.06. The zero-order valence-corrected chi connectivity index (χ0v) is 11.4. The maximum absolute atomic E-state index is 11.4. The van der Waals surface area contributed by atoms with Gasteiger partial charge in [-0.3, -0.25) is 0 Å². The summed E-state index contributed by atoms with van der Waals surface area (Å²) in [6.45, 7) is 0. The molecule has 1 aromatic carbocycles. The summed E-state index contributed by atoms with van der Waals surface area (Å²) in [6.07, 6.45) is 3.51. The monoisotopic (exact) mass is 305 g/mol. The predicted molar refractivity (Wildman–Crippen MR) is 70.0 cm³/mol. The maximum atomic E-state index is 11.4. The lowest BCUT2D eigenvalue weighted by atomic mass is 10.2. The highest BCUT2D eigenvalue weighted by atomic mass is 35.7. The number of aromatic amines is 1. The van der Waals surface area contributed by atoms with Crippen molar-refractivity contribution in [3.8, 4) is 5.75 Å². The summed E-state index contributed by atoms with van der Waals surface area (Å²) in [4.78, 5) is 2.90. The Morgan fingerprint density at radius 2 is 2.06 bits per heavy atom. The smallest absolute Gasteiger partial charge is 0.263 e. The molecule has 1 heterocycles. The van der Waals surface area contributed by atoms with Gasteiger partial charge in [-0.15, -0.1) is 0 Å². The molecular weight excluding hydrogens is 297 g/mol. The normalized spacial score (nSPS) is 16.1. The van der Waals surface area contributed by atoms with E-state index >= 15 is 0 Å². The Labute approximate surface area is 113 Å². The lowest BCUT2D eigenvalue weighted by Crippen LogP contribution is -1.97. The summed E-state index contributed by atoms with van der Waals surface area (Å²) in [5.74, 6) is 0.489. The molecule has 0 unspecified atom stereocenters. The molecule has 1 aromatic heterocycles. The van der Waals surface area contributed by atoms with E-state index < -0.39 is 9.05 Å². The number of aromatic nitrogens is 1. The molecule has 0 saturated heterocycles. The number of rotatable bonds is 3. The van der Waals surface area contributed by atoms with Crippen LogP contribution in [0, 0.1) is 0 Å². The second-order valence-electron chi connectivity index (χ2n) is 4.21. The summed E-state index contributed by atoms with van der Waals surface area (Å²) >= 11 is 6.07. The van der Waals surface area contributed by atoms with E-state index in [9.17, 15) is 8.42 Å². The molecule has 1 fully saturated rings. The largest absolute Gasteiger partial charge is 0.487 e. The van der Waals surface area contributed by atoms with Gasteiger partial charge in [0, 0.05) is 22.3 Å². The fraction of sp³-hybridized carbons (Fsp3) is 0.273. The number of halogens is 2. The third-order valence-corrected chi connectivity index (χ3v) is 4.45. The van der Waals surface area contributed by atoms with Gasteiger partial charge in [0.2, 0.25) is 0 Å². The number of ether oxygens (including phenoxy) is 1. The van der Waals surface area contributed by atoms with Crippen LogP contribution < -0.4 is 4.74 Å². The molecule has 2 aromatic rings. The number of nitrogens with one attached hydrogen (secondary N) is 1. The van der Waals surface area contributed by atoms with Gasteiger partial charge in [-0.25, -0.2) is 8.42 Å². The molecule has 1 aliphatic rings. The Hall–Kier alpha value is -0.910. The van der Waals surface area contributed by atoms with E-state index in [-0.39, 0.29) is 11.0 Å². The molecule has 18 heavy (non-hydrogen) atoms. The molecule has 1 N–H and O–H groups in total. The molecule has 3 rings (SSSR count). The van der Waals surface area contributed by atoms with Gasteiger partial charge in [-0.1, -0.05) is 11.6 Å². The summed E-state index contributed by atoms with van der Waals surface area (Å²) in [5.41, 5.74) is 0.564. The third kappa shape index (κ3) is 2.06. The van der Waals surface area contributed by atoms with Gasteiger partial charge in [-0.2, -0.15) is 0 Å². The zero-order valence-electron chi connectivity index (χ0n) is 9.11. The molecule has 96 valence electrons. The maximum Gasteiger partial charge on any atom is 0.263 e. The quantitative estimate of drug-likeness (QED) is 0.885. The van der Waals surface area contributed by atoms with Crippen molar-refractivity contribution in [2.75, 3.05) is 0 Å². The summed E-state index contributed by atoms with van der Waals surface area (Å²) < 4.78 is 28.5. The second kappa shape index (κ2) is 4.05. The lowest BCUT2D eigenvalue weighted by Gasteiger charge is -2.08. The van der Waals surface area contributed by atoms with Crippen LogP contribution >= 0.6 is 22.3 Å². The van der Waals surface area contributed by atoms with Gasteiger partial charge < -0.3 is 9.72 Å². The Balaban J connectivity index is 2.22. The van der Waals surface area contributed by atoms with Crippen molar-refractivity contribution in [3.63, 3.8) is 0 Å². The van der Waals surface area contributed by atoms with Crippen LogP contribution in [-0.2, 0) is 9.05 Å². The standard InChI is InChI=1S/C11H9Cl2NO3S/c12-8-4-3-7-9(18(13,15)16)5-14-10(7)11(8)17-6-1-2-6/h3-6,14H,1-2H2. The van der Waals surface area contributed by atoms with Gasteiger partial charge in [0.15, 0.2) is 5.75 Å². The molecule has 0 amide bonds. The summed E-state index contributed by atoms with van der Waals surface area (Å²) in [5, 5.41) is 0.944. The molecule has 0 aliphatic heterocycles. The number of hydrogen-bond donors (Lipinski definition) is 1. The van der Waals surface area contributed by atoms with Crippen molar-refractivity contribution < 1.29 is 13.2 Å². The Morgan fingerprint density at radius 3 is 2.67 bits per heavy atom. The van der Waals surface area contributed by atoms with Crippen LogP contribution in [0.5, 0.6) is 5.75 Å². The van der Waals surface area contributed by atoms with E-state index in [1.54, 1.807) is 12.1 Å². The van der Waals surface area contributed by atoms with Crippen molar-refractivity contribution in [2.45, 2.75) is 23.8 Å². The van der Waals surface area contributed by atoms with E-state index in [2.05, 4.69) is 4.98 Å². The number of benzene rings is 1. The average molecular weight is 306 g/mol. The minimum absolute atomic E-state index is 0.0384. The summed E-state index contributed by atoms with van der Waals surface area (Å²) in [7, 11) is 1.58. The van der Waals surface area contributed by atoms with Crippen LogP contribution in [0.3, 0.4) is 0 Å². The molecular formula is C11H9Cl2NO3S. The van der Waals surface area contributed by atoms with Crippen LogP contribution in [-0.4, -0.2) is 19.5 Å². The van der Waals surface area contributed by atoms with E-state index in [1.165, 1.54) is 6.20 Å². The van der Waals surface area contributed by atoms with Crippen LogP contribution in [0.4, 0.5) is 0 Å². The fourth-order valence-corrected chi connectivity index (χ4v) is 3.01. The average Bonchev–Trinajstić information content (AvgIpc) is 2.97. The SMILES string of the molecule is O=S(=O)(Cl)c1c[nH]c2c(OC3CC3)c(Cl)ccc12. The van der Waals surface area contributed by atoms with Crippen LogP contribution in [0.2, 0.25) is 5.02 Å². The van der Waals surface area contributed by atoms with Gasteiger partial charge in [0.05, 0.1) is 16.6 Å². The number of hydrogen-bond acceptors (Lipinski definition) is 3. The second-order valence-corrected chi connectivity index (χ2v) is 7.15. The Bertz CT molecular complexity index is 719. The first kappa shape index (κ1) is 12.1. The zero-order chi connectivity index (χ0) is 12.9. The molecule has 0 spiro atoms. The molecule has 1 saturated carbocycles. The van der Waals surface area contributed by atoms with Crippen molar-refractivity contribution in [1.29, 1.82) is 0 Å². The molecule has 7 heteroatoms. The predicted octanol–water partition coefficient (Wildman–Crippen LogP) is 3.29.